The molecular formula is C17H22N4. The van der Waals surface area contributed by atoms with Gasteiger partial charge in [0, 0.05) is 50.2 Å². The van der Waals surface area contributed by atoms with Gasteiger partial charge < -0.3 is 9.88 Å². The Bertz CT molecular complexity index is 723. The average molecular weight is 282 g/mol. The number of aryl methyl sites for hydroxylation is 3. The van der Waals surface area contributed by atoms with E-state index in [0.29, 0.717) is 0 Å². The molecule has 0 radical (unpaired) electrons. The molecule has 0 saturated heterocycles. The summed E-state index contributed by atoms with van der Waals surface area (Å²) in [5.41, 5.74) is 3.91. The summed E-state index contributed by atoms with van der Waals surface area (Å²) in [7, 11) is 2.00. The van der Waals surface area contributed by atoms with E-state index in [1.54, 1.807) is 0 Å². The van der Waals surface area contributed by atoms with Gasteiger partial charge in [0.25, 0.3) is 0 Å². The van der Waals surface area contributed by atoms with Crippen LogP contribution in [0.4, 0.5) is 0 Å². The maximum Gasteiger partial charge on any atom is 0.0492 e. The highest BCUT2D eigenvalue weighted by molar-refractivity contribution is 5.80. The molecule has 1 aromatic carbocycles. The maximum atomic E-state index is 4.23. The van der Waals surface area contributed by atoms with Crippen LogP contribution in [0, 0.1) is 0 Å². The first-order valence-electron chi connectivity index (χ1n) is 7.53. The first-order valence-corrected chi connectivity index (χ1v) is 7.53. The Hall–Kier alpha value is -2.07. The van der Waals surface area contributed by atoms with Crippen molar-refractivity contribution in [1.29, 1.82) is 0 Å². The maximum absolute atomic E-state index is 4.23. The van der Waals surface area contributed by atoms with Gasteiger partial charge in [-0.05, 0) is 35.7 Å². The highest BCUT2D eigenvalue weighted by Gasteiger charge is 2.04. The number of nitrogens with zero attached hydrogens (tertiary/aromatic N) is 3. The first-order chi connectivity index (χ1) is 10.3. The molecule has 0 aliphatic heterocycles. The second-order valence-corrected chi connectivity index (χ2v) is 5.38. The van der Waals surface area contributed by atoms with Crippen molar-refractivity contribution in [3.05, 3.63) is 54.0 Å². The molecule has 0 spiro atoms. The third-order valence-corrected chi connectivity index (χ3v) is 3.95. The van der Waals surface area contributed by atoms with Crippen LogP contribution in [0.15, 0.2) is 42.7 Å². The summed E-state index contributed by atoms with van der Waals surface area (Å²) in [4.78, 5) is 0. The molecule has 0 amide bonds. The molecule has 4 nitrogen and oxygen atoms in total. The van der Waals surface area contributed by atoms with Crippen LogP contribution in [0.5, 0.6) is 0 Å². The Labute approximate surface area is 125 Å². The minimum Gasteiger partial charge on any atom is -0.347 e. The molecule has 2 heterocycles. The monoisotopic (exact) mass is 282 g/mol. The second-order valence-electron chi connectivity index (χ2n) is 5.38. The van der Waals surface area contributed by atoms with Crippen LogP contribution in [-0.4, -0.2) is 20.9 Å². The Morgan fingerprint density at radius 2 is 2.10 bits per heavy atom. The van der Waals surface area contributed by atoms with Gasteiger partial charge in [-0.2, -0.15) is 5.10 Å². The Morgan fingerprint density at radius 3 is 2.86 bits per heavy atom. The Balaban J connectivity index is 1.79. The molecule has 2 aromatic heterocycles. The molecule has 0 atom stereocenters. The number of hydrogen-bond acceptors (Lipinski definition) is 2. The van der Waals surface area contributed by atoms with Crippen LogP contribution < -0.4 is 5.32 Å². The van der Waals surface area contributed by atoms with E-state index in [2.05, 4.69) is 58.4 Å². The Kier molecular flexibility index (Phi) is 4.06. The molecule has 3 aromatic rings. The number of aromatic nitrogens is 3. The molecule has 0 saturated carbocycles. The number of rotatable bonds is 6. The molecule has 0 unspecified atom stereocenters. The fraction of sp³-hybridized carbons (Fsp3) is 0.353. The van der Waals surface area contributed by atoms with E-state index in [0.717, 1.165) is 26.1 Å². The molecule has 0 fully saturated rings. The molecule has 3 rings (SSSR count). The predicted octanol–water partition coefficient (Wildman–Crippen LogP) is 2.73. The largest absolute Gasteiger partial charge is 0.347 e. The third kappa shape index (κ3) is 3.00. The molecule has 0 aliphatic carbocycles. The number of benzene rings is 1. The van der Waals surface area contributed by atoms with Gasteiger partial charge in [-0.1, -0.05) is 19.1 Å². The van der Waals surface area contributed by atoms with E-state index in [9.17, 15) is 0 Å². The lowest BCUT2D eigenvalue weighted by atomic mass is 10.1. The van der Waals surface area contributed by atoms with Crippen molar-refractivity contribution in [2.24, 2.45) is 7.05 Å². The summed E-state index contributed by atoms with van der Waals surface area (Å²) in [6.45, 7) is 5.04. The zero-order valence-corrected chi connectivity index (χ0v) is 12.7. The molecule has 0 bridgehead atoms. The summed E-state index contributed by atoms with van der Waals surface area (Å²) in [5.74, 6) is 0. The van der Waals surface area contributed by atoms with Crippen molar-refractivity contribution in [2.45, 2.75) is 26.4 Å². The quantitative estimate of drug-likeness (QED) is 0.754. The van der Waals surface area contributed by atoms with Crippen LogP contribution in [0.3, 0.4) is 0 Å². The lowest BCUT2D eigenvalue weighted by Crippen LogP contribution is -2.11. The lowest BCUT2D eigenvalue weighted by molar-refractivity contribution is 0.649. The fourth-order valence-corrected chi connectivity index (χ4v) is 2.69. The molecule has 21 heavy (non-hydrogen) atoms. The van der Waals surface area contributed by atoms with Crippen molar-refractivity contribution in [3.63, 3.8) is 0 Å². The van der Waals surface area contributed by atoms with Crippen LogP contribution in [-0.2, 0) is 26.6 Å². The summed E-state index contributed by atoms with van der Waals surface area (Å²) in [5, 5.41) is 8.91. The zero-order valence-electron chi connectivity index (χ0n) is 12.7. The van der Waals surface area contributed by atoms with Crippen LogP contribution in [0.2, 0.25) is 0 Å². The molecule has 1 N–H and O–H groups in total. The number of hydrogen-bond donors (Lipinski definition) is 1. The van der Waals surface area contributed by atoms with E-state index < -0.39 is 0 Å². The van der Waals surface area contributed by atoms with Crippen molar-refractivity contribution < 1.29 is 0 Å². The van der Waals surface area contributed by atoms with Gasteiger partial charge in [0.15, 0.2) is 0 Å². The topological polar surface area (TPSA) is 34.8 Å². The van der Waals surface area contributed by atoms with Crippen LogP contribution in [0.25, 0.3) is 10.9 Å². The smallest absolute Gasteiger partial charge is 0.0492 e. The van der Waals surface area contributed by atoms with Gasteiger partial charge in [0.2, 0.25) is 0 Å². The normalized spacial score (nSPS) is 11.3. The van der Waals surface area contributed by atoms with E-state index in [-0.39, 0.29) is 0 Å². The first kappa shape index (κ1) is 13.9. The van der Waals surface area contributed by atoms with Gasteiger partial charge >= 0.3 is 0 Å². The van der Waals surface area contributed by atoms with E-state index in [1.165, 1.54) is 22.2 Å². The van der Waals surface area contributed by atoms with E-state index >= 15 is 0 Å². The third-order valence-electron chi connectivity index (χ3n) is 3.95. The van der Waals surface area contributed by atoms with Crippen molar-refractivity contribution in [1.82, 2.24) is 19.7 Å². The van der Waals surface area contributed by atoms with Crippen molar-refractivity contribution in [2.75, 3.05) is 6.54 Å². The minimum absolute atomic E-state index is 0.930. The van der Waals surface area contributed by atoms with E-state index in [1.807, 2.05) is 17.9 Å². The van der Waals surface area contributed by atoms with Gasteiger partial charge in [-0.25, -0.2) is 0 Å². The number of fused-ring (bicyclic) bond motifs is 1. The van der Waals surface area contributed by atoms with Crippen LogP contribution >= 0.6 is 0 Å². The summed E-state index contributed by atoms with van der Waals surface area (Å²) >= 11 is 0. The van der Waals surface area contributed by atoms with Gasteiger partial charge in [-0.15, -0.1) is 0 Å². The standard InChI is InChI=1S/C17H22N4/c1-3-18-13-14-4-5-15-7-10-21(17(15)12-14)11-8-16-6-9-19-20(16)2/h4-7,9-10,12,18H,3,8,11,13H2,1-2H3. The fourth-order valence-electron chi connectivity index (χ4n) is 2.69. The highest BCUT2D eigenvalue weighted by atomic mass is 15.3. The van der Waals surface area contributed by atoms with E-state index in [4.69, 9.17) is 0 Å². The zero-order chi connectivity index (χ0) is 14.7. The summed E-state index contributed by atoms with van der Waals surface area (Å²) in [6, 6.07) is 11.0. The van der Waals surface area contributed by atoms with Crippen molar-refractivity contribution in [3.8, 4) is 0 Å². The average Bonchev–Trinajstić information content (AvgIpc) is 3.09. The SMILES string of the molecule is CCNCc1ccc2ccn(CCc3ccnn3C)c2c1. The van der Waals surface area contributed by atoms with Crippen LogP contribution in [0.1, 0.15) is 18.2 Å². The number of nitrogens with one attached hydrogen (secondary N) is 1. The van der Waals surface area contributed by atoms with Gasteiger partial charge in [-0.3, -0.25) is 4.68 Å². The highest BCUT2D eigenvalue weighted by Crippen LogP contribution is 2.18. The molecular weight excluding hydrogens is 260 g/mol. The predicted molar refractivity (Wildman–Crippen MR) is 86.2 cm³/mol. The van der Waals surface area contributed by atoms with Gasteiger partial charge in [0.1, 0.15) is 0 Å². The second kappa shape index (κ2) is 6.14. The van der Waals surface area contributed by atoms with Crippen molar-refractivity contribution >= 4 is 10.9 Å². The molecule has 0 aliphatic rings. The molecule has 4 heteroatoms. The Morgan fingerprint density at radius 1 is 1.19 bits per heavy atom. The minimum atomic E-state index is 0.930. The van der Waals surface area contributed by atoms with Gasteiger partial charge in [0.05, 0.1) is 0 Å². The molecule has 110 valence electrons. The lowest BCUT2D eigenvalue weighted by Gasteiger charge is -2.08. The summed E-state index contributed by atoms with van der Waals surface area (Å²) < 4.78 is 4.28. The summed E-state index contributed by atoms with van der Waals surface area (Å²) in [6.07, 6.45) is 5.04.